The maximum absolute atomic E-state index is 13.2. The van der Waals surface area contributed by atoms with E-state index in [0.29, 0.717) is 11.0 Å². The van der Waals surface area contributed by atoms with Crippen LogP contribution in [0.2, 0.25) is 0 Å². The van der Waals surface area contributed by atoms with E-state index in [1.807, 2.05) is 18.7 Å². The molecule has 1 spiro atoms. The average Bonchev–Trinajstić information content (AvgIpc) is 3.20. The summed E-state index contributed by atoms with van der Waals surface area (Å²) in [6.45, 7) is 7.56. The number of piperidine rings is 1. The second kappa shape index (κ2) is 6.50. The highest BCUT2D eigenvalue weighted by molar-refractivity contribution is 5.96. The van der Waals surface area contributed by atoms with Crippen molar-refractivity contribution in [2.24, 2.45) is 5.41 Å². The number of aryl methyl sites for hydroxylation is 1. The molecule has 1 aromatic carbocycles. The van der Waals surface area contributed by atoms with Crippen molar-refractivity contribution in [2.45, 2.75) is 33.1 Å². The quantitative estimate of drug-likeness (QED) is 0.900. The van der Waals surface area contributed by atoms with Crippen LogP contribution in [-0.2, 0) is 0 Å². The fraction of sp³-hybridized carbons (Fsp3) is 0.500. The molecule has 0 bridgehead atoms. The minimum atomic E-state index is -0.282. The van der Waals surface area contributed by atoms with E-state index in [1.54, 1.807) is 16.8 Å². The highest BCUT2D eigenvalue weighted by atomic mass is 19.1. The van der Waals surface area contributed by atoms with Crippen molar-refractivity contribution in [2.75, 3.05) is 26.2 Å². The Morgan fingerprint density at radius 1 is 1.15 bits per heavy atom. The third-order valence-electron chi connectivity index (χ3n) is 6.02. The number of carbonyl (C=O) groups is 1. The van der Waals surface area contributed by atoms with Crippen LogP contribution in [0.15, 0.2) is 24.3 Å². The smallest absolute Gasteiger partial charge is 0.257 e. The highest BCUT2D eigenvalue weighted by Gasteiger charge is 2.38. The van der Waals surface area contributed by atoms with Gasteiger partial charge in [0.2, 0.25) is 0 Å². The Labute approximate surface area is 153 Å². The predicted octanol–water partition coefficient (Wildman–Crippen LogP) is 2.84. The molecule has 4 rings (SSSR count). The number of amides is 1. The molecule has 2 aromatic rings. The molecule has 1 N–H and O–H groups in total. The number of rotatable bonds is 2. The molecular formula is C20H25FN4O. The first-order valence-corrected chi connectivity index (χ1v) is 9.31. The summed E-state index contributed by atoms with van der Waals surface area (Å²) in [6, 6.07) is 6.18. The van der Waals surface area contributed by atoms with Gasteiger partial charge in [0.05, 0.1) is 22.6 Å². The third kappa shape index (κ3) is 2.92. The Kier molecular flexibility index (Phi) is 4.31. The lowest BCUT2D eigenvalue weighted by Gasteiger charge is -2.38. The molecule has 0 saturated carbocycles. The zero-order valence-corrected chi connectivity index (χ0v) is 15.4. The van der Waals surface area contributed by atoms with Crippen molar-refractivity contribution >= 4 is 5.91 Å². The van der Waals surface area contributed by atoms with Crippen LogP contribution in [0, 0.1) is 25.1 Å². The molecule has 2 fully saturated rings. The van der Waals surface area contributed by atoms with Crippen molar-refractivity contribution < 1.29 is 9.18 Å². The molecule has 3 heterocycles. The van der Waals surface area contributed by atoms with Gasteiger partial charge in [0, 0.05) is 19.6 Å². The Morgan fingerprint density at radius 3 is 2.46 bits per heavy atom. The number of hydrogen-bond donors (Lipinski definition) is 1. The maximum atomic E-state index is 13.2. The lowest BCUT2D eigenvalue weighted by atomic mass is 9.78. The van der Waals surface area contributed by atoms with Gasteiger partial charge in [-0.3, -0.25) is 4.79 Å². The fourth-order valence-corrected chi connectivity index (χ4v) is 4.35. The van der Waals surface area contributed by atoms with Crippen LogP contribution in [0.4, 0.5) is 4.39 Å². The lowest BCUT2D eigenvalue weighted by molar-refractivity contribution is 0.0606. The van der Waals surface area contributed by atoms with Gasteiger partial charge < -0.3 is 10.2 Å². The van der Waals surface area contributed by atoms with Gasteiger partial charge in [0.1, 0.15) is 5.82 Å². The molecule has 1 aromatic heterocycles. The molecule has 1 amide bonds. The zero-order valence-electron chi connectivity index (χ0n) is 15.4. The number of benzene rings is 1. The Morgan fingerprint density at radius 2 is 1.85 bits per heavy atom. The minimum Gasteiger partial charge on any atom is -0.338 e. The van der Waals surface area contributed by atoms with Gasteiger partial charge in [0.15, 0.2) is 0 Å². The maximum Gasteiger partial charge on any atom is 0.257 e. The van der Waals surface area contributed by atoms with Crippen LogP contribution in [0.1, 0.15) is 41.0 Å². The van der Waals surface area contributed by atoms with E-state index in [2.05, 4.69) is 10.4 Å². The largest absolute Gasteiger partial charge is 0.338 e. The Bertz CT molecular complexity index is 811. The van der Waals surface area contributed by atoms with Crippen molar-refractivity contribution in [3.8, 4) is 5.69 Å². The molecule has 0 atom stereocenters. The summed E-state index contributed by atoms with van der Waals surface area (Å²) in [5.74, 6) is -0.218. The number of aromatic nitrogens is 2. The van der Waals surface area contributed by atoms with Crippen LogP contribution in [0.3, 0.4) is 0 Å². The van der Waals surface area contributed by atoms with E-state index >= 15 is 0 Å². The standard InChI is InChI=1S/C20H25FN4O/c1-14-18(15(2)25(23-14)17-5-3-16(21)4-6-17)19(26)24-11-8-20(9-12-24)7-10-22-13-20/h3-6,22H,7-13H2,1-2H3. The monoisotopic (exact) mass is 356 g/mol. The summed E-state index contributed by atoms with van der Waals surface area (Å²) in [6.07, 6.45) is 3.35. The van der Waals surface area contributed by atoms with Crippen molar-refractivity contribution in [3.05, 3.63) is 47.0 Å². The summed E-state index contributed by atoms with van der Waals surface area (Å²) < 4.78 is 14.9. The van der Waals surface area contributed by atoms with Crippen molar-refractivity contribution in [1.82, 2.24) is 20.0 Å². The van der Waals surface area contributed by atoms with Gasteiger partial charge in [-0.05, 0) is 69.3 Å². The first-order chi connectivity index (χ1) is 12.5. The van der Waals surface area contributed by atoms with E-state index in [1.165, 1.54) is 18.6 Å². The minimum absolute atomic E-state index is 0.0640. The van der Waals surface area contributed by atoms with Gasteiger partial charge in [-0.25, -0.2) is 9.07 Å². The van der Waals surface area contributed by atoms with Crippen LogP contribution >= 0.6 is 0 Å². The third-order valence-corrected chi connectivity index (χ3v) is 6.02. The van der Waals surface area contributed by atoms with Gasteiger partial charge in [-0.1, -0.05) is 0 Å². The fourth-order valence-electron chi connectivity index (χ4n) is 4.35. The van der Waals surface area contributed by atoms with Gasteiger partial charge in [-0.2, -0.15) is 5.10 Å². The van der Waals surface area contributed by atoms with Crippen LogP contribution in [-0.4, -0.2) is 46.8 Å². The normalized spacial score (nSPS) is 19.3. The molecule has 5 nitrogen and oxygen atoms in total. The summed E-state index contributed by atoms with van der Waals surface area (Å²) in [5.41, 5.74) is 3.36. The zero-order chi connectivity index (χ0) is 18.3. The molecular weight excluding hydrogens is 331 g/mol. The van der Waals surface area contributed by atoms with Crippen molar-refractivity contribution in [3.63, 3.8) is 0 Å². The van der Waals surface area contributed by atoms with E-state index in [-0.39, 0.29) is 11.7 Å². The second-order valence-corrected chi connectivity index (χ2v) is 7.65. The van der Waals surface area contributed by atoms with E-state index < -0.39 is 0 Å². The second-order valence-electron chi connectivity index (χ2n) is 7.65. The van der Waals surface area contributed by atoms with E-state index in [4.69, 9.17) is 0 Å². The molecule has 26 heavy (non-hydrogen) atoms. The molecule has 2 saturated heterocycles. The van der Waals surface area contributed by atoms with Crippen LogP contribution in [0.5, 0.6) is 0 Å². The van der Waals surface area contributed by atoms with Crippen molar-refractivity contribution in [1.29, 1.82) is 0 Å². The van der Waals surface area contributed by atoms with E-state index in [0.717, 1.165) is 56.1 Å². The van der Waals surface area contributed by atoms with Crippen LogP contribution in [0.25, 0.3) is 5.69 Å². The SMILES string of the molecule is Cc1nn(-c2ccc(F)cc2)c(C)c1C(=O)N1CCC2(CCNC2)CC1. The number of halogens is 1. The number of nitrogens with one attached hydrogen (secondary N) is 1. The molecule has 0 aliphatic carbocycles. The lowest BCUT2D eigenvalue weighted by Crippen LogP contribution is -2.44. The molecule has 2 aliphatic heterocycles. The number of likely N-dealkylation sites (tertiary alicyclic amines) is 1. The van der Waals surface area contributed by atoms with Gasteiger partial charge in [-0.15, -0.1) is 0 Å². The predicted molar refractivity (Wildman–Crippen MR) is 98.1 cm³/mol. The first kappa shape index (κ1) is 17.2. The summed E-state index contributed by atoms with van der Waals surface area (Å²) in [7, 11) is 0. The molecule has 0 radical (unpaired) electrons. The van der Waals surface area contributed by atoms with Crippen LogP contribution < -0.4 is 5.32 Å². The first-order valence-electron chi connectivity index (χ1n) is 9.31. The number of nitrogens with zero attached hydrogens (tertiary/aromatic N) is 3. The summed E-state index contributed by atoms with van der Waals surface area (Å²) >= 11 is 0. The molecule has 2 aliphatic rings. The topological polar surface area (TPSA) is 50.2 Å². The Balaban J connectivity index is 1.56. The van der Waals surface area contributed by atoms with Gasteiger partial charge >= 0.3 is 0 Å². The Hall–Kier alpha value is -2.21. The molecule has 6 heteroatoms. The average molecular weight is 356 g/mol. The van der Waals surface area contributed by atoms with E-state index in [9.17, 15) is 9.18 Å². The molecule has 138 valence electrons. The molecule has 0 unspecified atom stereocenters. The summed E-state index contributed by atoms with van der Waals surface area (Å²) in [4.78, 5) is 15.1. The summed E-state index contributed by atoms with van der Waals surface area (Å²) in [5, 5.41) is 7.99. The van der Waals surface area contributed by atoms with Gasteiger partial charge in [0.25, 0.3) is 5.91 Å². The number of hydrogen-bond acceptors (Lipinski definition) is 3. The number of carbonyl (C=O) groups excluding carboxylic acids is 1. The highest BCUT2D eigenvalue weighted by Crippen LogP contribution is 2.37.